The van der Waals surface area contributed by atoms with E-state index in [2.05, 4.69) is 50.0 Å². The van der Waals surface area contributed by atoms with Crippen LogP contribution in [-0.4, -0.2) is 12.7 Å². The van der Waals surface area contributed by atoms with Crippen LogP contribution in [0.15, 0.2) is 12.1 Å². The van der Waals surface area contributed by atoms with E-state index in [9.17, 15) is 0 Å². The molecule has 0 spiro atoms. The van der Waals surface area contributed by atoms with Crippen LogP contribution in [0.1, 0.15) is 25.0 Å². The summed E-state index contributed by atoms with van der Waals surface area (Å²) < 4.78 is 0. The monoisotopic (exact) mass is 190 g/mol. The molecule has 2 heteroatoms. The van der Waals surface area contributed by atoms with Crippen LogP contribution in [0, 0.1) is 13.8 Å². The maximum Gasteiger partial charge on any atom is 0.0880 e. The van der Waals surface area contributed by atoms with Crippen molar-refractivity contribution in [2.45, 2.75) is 33.7 Å². The second-order valence-corrected chi connectivity index (χ2v) is 4.35. The molecule has 0 atom stereocenters. The fourth-order valence-electron chi connectivity index (χ4n) is 1.90. The van der Waals surface area contributed by atoms with Crippen molar-refractivity contribution in [2.75, 3.05) is 16.9 Å². The zero-order valence-electron chi connectivity index (χ0n) is 9.39. The first-order valence-corrected chi connectivity index (χ1v) is 5.21. The Morgan fingerprint density at radius 2 is 1.86 bits per heavy atom. The molecule has 0 bridgehead atoms. The quantitative estimate of drug-likeness (QED) is 0.732. The van der Waals surface area contributed by atoms with Crippen LogP contribution in [0.25, 0.3) is 0 Å². The maximum absolute atomic E-state index is 3.43. The lowest BCUT2D eigenvalue weighted by molar-refractivity contribution is 0.727. The molecule has 1 heterocycles. The fourth-order valence-corrected chi connectivity index (χ4v) is 1.90. The highest BCUT2D eigenvalue weighted by Gasteiger charge is 2.20. The van der Waals surface area contributed by atoms with Gasteiger partial charge in [-0.3, -0.25) is 0 Å². The Morgan fingerprint density at radius 1 is 1.21 bits per heavy atom. The van der Waals surface area contributed by atoms with Crippen LogP contribution in [0.5, 0.6) is 0 Å². The summed E-state index contributed by atoms with van der Waals surface area (Å²) in [4.78, 5) is 2.39. The van der Waals surface area contributed by atoms with Gasteiger partial charge in [0.05, 0.1) is 18.0 Å². The Hall–Kier alpha value is -1.18. The van der Waals surface area contributed by atoms with Crippen LogP contribution in [0.4, 0.5) is 11.4 Å². The van der Waals surface area contributed by atoms with Gasteiger partial charge in [0.1, 0.15) is 0 Å². The number of fused-ring (bicyclic) bond motifs is 1. The maximum atomic E-state index is 3.43. The molecule has 0 aliphatic carbocycles. The molecule has 0 fully saturated rings. The highest BCUT2D eigenvalue weighted by molar-refractivity contribution is 5.76. The largest absolute Gasteiger partial charge is 0.366 e. The lowest BCUT2D eigenvalue weighted by Crippen LogP contribution is -2.30. The van der Waals surface area contributed by atoms with Crippen molar-refractivity contribution in [3.05, 3.63) is 23.3 Å². The van der Waals surface area contributed by atoms with E-state index in [4.69, 9.17) is 0 Å². The second-order valence-electron chi connectivity index (χ2n) is 4.35. The average molecular weight is 190 g/mol. The molecule has 0 amide bonds. The van der Waals surface area contributed by atoms with E-state index in [1.54, 1.807) is 0 Å². The van der Waals surface area contributed by atoms with Gasteiger partial charge in [-0.2, -0.15) is 0 Å². The number of benzene rings is 1. The Morgan fingerprint density at radius 3 is 2.50 bits per heavy atom. The van der Waals surface area contributed by atoms with Crippen LogP contribution in [0.2, 0.25) is 0 Å². The third-order valence-electron chi connectivity index (χ3n) is 2.98. The summed E-state index contributed by atoms with van der Waals surface area (Å²) in [5.41, 5.74) is 5.37. The molecule has 76 valence electrons. The summed E-state index contributed by atoms with van der Waals surface area (Å²) in [5.74, 6) is 0. The van der Waals surface area contributed by atoms with Crippen LogP contribution >= 0.6 is 0 Å². The molecule has 1 aromatic carbocycles. The zero-order valence-corrected chi connectivity index (χ0v) is 9.39. The molecule has 0 saturated carbocycles. The molecule has 0 unspecified atom stereocenters. The molecule has 1 aliphatic heterocycles. The van der Waals surface area contributed by atoms with Crippen molar-refractivity contribution in [1.29, 1.82) is 0 Å². The van der Waals surface area contributed by atoms with Gasteiger partial charge in [0.15, 0.2) is 0 Å². The number of rotatable bonds is 1. The predicted octanol–water partition coefficient (Wildman–Crippen LogP) is 2.90. The predicted molar refractivity (Wildman–Crippen MR) is 62.0 cm³/mol. The van der Waals surface area contributed by atoms with Gasteiger partial charge in [-0.15, -0.1) is 0 Å². The van der Waals surface area contributed by atoms with Crippen molar-refractivity contribution in [3.8, 4) is 0 Å². The number of hydrogen-bond donors (Lipinski definition) is 1. The van der Waals surface area contributed by atoms with Gasteiger partial charge in [0.25, 0.3) is 0 Å². The van der Waals surface area contributed by atoms with E-state index in [1.807, 2.05) is 0 Å². The second kappa shape index (κ2) is 3.19. The Balaban J connectivity index is 2.45. The molecular formula is C12H18N2. The molecule has 0 aromatic heterocycles. The average Bonchev–Trinajstić information content (AvgIpc) is 2.48. The Kier molecular flexibility index (Phi) is 2.14. The summed E-state index contributed by atoms with van der Waals surface area (Å²) >= 11 is 0. The van der Waals surface area contributed by atoms with E-state index in [-0.39, 0.29) is 0 Å². The smallest absolute Gasteiger partial charge is 0.0880 e. The zero-order chi connectivity index (χ0) is 10.3. The summed E-state index contributed by atoms with van der Waals surface area (Å²) in [5, 5.41) is 3.43. The number of hydrogen-bond acceptors (Lipinski definition) is 2. The Bertz CT molecular complexity index is 356. The van der Waals surface area contributed by atoms with Gasteiger partial charge in [-0.1, -0.05) is 0 Å². The minimum atomic E-state index is 0.561. The molecular weight excluding hydrogens is 172 g/mol. The molecule has 1 aliphatic rings. The van der Waals surface area contributed by atoms with Gasteiger partial charge in [0.2, 0.25) is 0 Å². The standard InChI is InChI=1S/C12H18N2/c1-8(2)14-7-13-11-5-9(3)10(4)6-12(11)14/h5-6,8,13H,7H2,1-4H3. The van der Waals surface area contributed by atoms with Crippen molar-refractivity contribution in [2.24, 2.45) is 0 Å². The first-order valence-electron chi connectivity index (χ1n) is 5.21. The SMILES string of the molecule is Cc1cc2c(cc1C)N(C(C)C)CN2. The van der Waals surface area contributed by atoms with Crippen molar-refractivity contribution in [1.82, 2.24) is 0 Å². The first-order chi connectivity index (χ1) is 6.59. The van der Waals surface area contributed by atoms with E-state index in [0.717, 1.165) is 6.67 Å². The molecule has 1 N–H and O–H groups in total. The summed E-state index contributed by atoms with van der Waals surface area (Å²) in [6.07, 6.45) is 0. The third kappa shape index (κ3) is 1.35. The van der Waals surface area contributed by atoms with Crippen LogP contribution in [-0.2, 0) is 0 Å². The van der Waals surface area contributed by atoms with E-state index < -0.39 is 0 Å². The van der Waals surface area contributed by atoms with Gasteiger partial charge in [-0.25, -0.2) is 0 Å². The van der Waals surface area contributed by atoms with Crippen molar-refractivity contribution >= 4 is 11.4 Å². The highest BCUT2D eigenvalue weighted by atomic mass is 15.3. The lowest BCUT2D eigenvalue weighted by atomic mass is 10.1. The summed E-state index contributed by atoms with van der Waals surface area (Å²) in [7, 11) is 0. The number of nitrogens with zero attached hydrogens (tertiary/aromatic N) is 1. The molecule has 1 aromatic rings. The molecule has 0 saturated heterocycles. The minimum absolute atomic E-state index is 0.561. The normalized spacial score (nSPS) is 14.5. The molecule has 0 radical (unpaired) electrons. The van der Waals surface area contributed by atoms with Gasteiger partial charge >= 0.3 is 0 Å². The van der Waals surface area contributed by atoms with Crippen LogP contribution < -0.4 is 10.2 Å². The van der Waals surface area contributed by atoms with E-state index in [0.29, 0.717) is 6.04 Å². The van der Waals surface area contributed by atoms with Crippen molar-refractivity contribution < 1.29 is 0 Å². The topological polar surface area (TPSA) is 15.3 Å². The summed E-state index contributed by atoms with van der Waals surface area (Å²) in [6, 6.07) is 5.09. The van der Waals surface area contributed by atoms with Gasteiger partial charge < -0.3 is 10.2 Å². The first kappa shape index (κ1) is 9.38. The molecule has 2 nitrogen and oxygen atoms in total. The van der Waals surface area contributed by atoms with Crippen molar-refractivity contribution in [3.63, 3.8) is 0 Å². The lowest BCUT2D eigenvalue weighted by Gasteiger charge is -2.22. The van der Waals surface area contributed by atoms with Gasteiger partial charge in [-0.05, 0) is 51.0 Å². The molecule has 2 rings (SSSR count). The minimum Gasteiger partial charge on any atom is -0.366 e. The highest BCUT2D eigenvalue weighted by Crippen LogP contribution is 2.34. The van der Waals surface area contributed by atoms with Gasteiger partial charge in [0, 0.05) is 6.04 Å². The molecule has 14 heavy (non-hydrogen) atoms. The fraction of sp³-hybridized carbons (Fsp3) is 0.500. The summed E-state index contributed by atoms with van der Waals surface area (Å²) in [6.45, 7) is 9.73. The third-order valence-corrected chi connectivity index (χ3v) is 2.98. The number of aryl methyl sites for hydroxylation is 2. The number of nitrogens with one attached hydrogen (secondary N) is 1. The van der Waals surface area contributed by atoms with Crippen LogP contribution in [0.3, 0.4) is 0 Å². The van der Waals surface area contributed by atoms with E-state index >= 15 is 0 Å². The number of anilines is 2. The Labute approximate surface area is 85.9 Å². The van der Waals surface area contributed by atoms with E-state index in [1.165, 1.54) is 22.5 Å².